The molecule has 12 aromatic rings. The highest BCUT2D eigenvalue weighted by atomic mass is 32.1. The van der Waals surface area contributed by atoms with Crippen LogP contribution in [0.3, 0.4) is 0 Å². The van der Waals surface area contributed by atoms with E-state index < -0.39 is 0 Å². The lowest BCUT2D eigenvalue weighted by Gasteiger charge is -2.13. The summed E-state index contributed by atoms with van der Waals surface area (Å²) in [6, 6.07) is 59.4. The van der Waals surface area contributed by atoms with Crippen LogP contribution in [0.15, 0.2) is 164 Å². The SMILES string of the molecule is c1ccc2cc(-c3nc(-n4c5ccccc5c5c6ccccc6c(-c6cccc7c6sc6ccccc67)cc54)nc4sc5ccccc5c34)ccc2c1. The predicted octanol–water partition coefficient (Wildman–Crippen LogP) is 13.9. The Balaban J connectivity index is 1.22. The summed E-state index contributed by atoms with van der Waals surface area (Å²) >= 11 is 3.62. The van der Waals surface area contributed by atoms with Crippen molar-refractivity contribution in [2.45, 2.75) is 0 Å². The van der Waals surface area contributed by atoms with Gasteiger partial charge in [-0.2, -0.15) is 0 Å². The topological polar surface area (TPSA) is 30.7 Å². The minimum atomic E-state index is 0.680. The lowest BCUT2D eigenvalue weighted by atomic mass is 9.94. The Labute approximate surface area is 311 Å². The van der Waals surface area contributed by atoms with Crippen LogP contribution in [-0.2, 0) is 0 Å². The molecule has 0 atom stereocenters. The van der Waals surface area contributed by atoms with E-state index in [9.17, 15) is 0 Å². The first-order valence-electron chi connectivity index (χ1n) is 17.8. The van der Waals surface area contributed by atoms with Gasteiger partial charge in [0, 0.05) is 57.5 Å². The van der Waals surface area contributed by atoms with Gasteiger partial charge in [-0.05, 0) is 57.4 Å². The molecule has 3 nitrogen and oxygen atoms in total. The molecule has 0 saturated heterocycles. The molecule has 53 heavy (non-hydrogen) atoms. The first-order chi connectivity index (χ1) is 26.3. The Morgan fingerprint density at radius 1 is 0.415 bits per heavy atom. The van der Waals surface area contributed by atoms with Gasteiger partial charge in [-0.25, -0.2) is 9.97 Å². The molecule has 246 valence electrons. The summed E-state index contributed by atoms with van der Waals surface area (Å²) in [6.45, 7) is 0. The summed E-state index contributed by atoms with van der Waals surface area (Å²) < 4.78 is 6.13. The van der Waals surface area contributed by atoms with Crippen molar-refractivity contribution >= 4 is 106 Å². The van der Waals surface area contributed by atoms with Gasteiger partial charge in [0.2, 0.25) is 5.95 Å². The van der Waals surface area contributed by atoms with Gasteiger partial charge >= 0.3 is 0 Å². The summed E-state index contributed by atoms with van der Waals surface area (Å²) in [6.07, 6.45) is 0. The van der Waals surface area contributed by atoms with Crippen molar-refractivity contribution in [2.75, 3.05) is 0 Å². The van der Waals surface area contributed by atoms with Crippen molar-refractivity contribution in [3.8, 4) is 28.3 Å². The standard InChI is InChI=1S/C48H27N3S2/c1-2-13-29-26-30(25-24-28(29)12-1)45-44-37-18-7-10-23-42(37)53-47(44)50-48(49-45)51-39-21-8-5-17-36(39)43-33-16-4-3-14-31(33)38(27-40(43)51)35-20-11-19-34-32-15-6-9-22-41(32)52-46(34)35/h1-27H. The number of para-hydroxylation sites is 1. The molecule has 0 aliphatic rings. The Kier molecular flexibility index (Phi) is 6.09. The van der Waals surface area contributed by atoms with E-state index in [0.717, 1.165) is 32.5 Å². The lowest BCUT2D eigenvalue weighted by molar-refractivity contribution is 1.02. The van der Waals surface area contributed by atoms with Gasteiger partial charge in [-0.3, -0.25) is 4.57 Å². The molecule has 0 N–H and O–H groups in total. The lowest BCUT2D eigenvalue weighted by Crippen LogP contribution is -2.03. The molecule has 0 spiro atoms. The van der Waals surface area contributed by atoms with Crippen LogP contribution < -0.4 is 0 Å². The van der Waals surface area contributed by atoms with E-state index in [2.05, 4.69) is 168 Å². The average Bonchev–Trinajstić information content (AvgIpc) is 3.89. The third-order valence-corrected chi connectivity index (χ3v) is 13.1. The Hall–Kier alpha value is -6.40. The summed E-state index contributed by atoms with van der Waals surface area (Å²) in [4.78, 5) is 12.0. The molecule has 0 unspecified atom stereocenters. The molecule has 0 bridgehead atoms. The Morgan fingerprint density at radius 2 is 1.09 bits per heavy atom. The molecule has 12 rings (SSSR count). The van der Waals surface area contributed by atoms with E-state index in [1.54, 1.807) is 11.3 Å². The zero-order chi connectivity index (χ0) is 34.6. The molecular formula is C48H27N3S2. The number of hydrogen-bond donors (Lipinski definition) is 0. The van der Waals surface area contributed by atoms with E-state index in [0.29, 0.717) is 5.95 Å². The van der Waals surface area contributed by atoms with E-state index in [4.69, 9.17) is 9.97 Å². The van der Waals surface area contributed by atoms with Gasteiger partial charge in [-0.15, -0.1) is 22.7 Å². The third kappa shape index (κ3) is 4.20. The molecule has 0 amide bonds. The van der Waals surface area contributed by atoms with Crippen LogP contribution >= 0.6 is 22.7 Å². The zero-order valence-corrected chi connectivity index (χ0v) is 29.9. The average molecular weight is 710 g/mol. The quantitative estimate of drug-likeness (QED) is 0.183. The number of rotatable bonds is 3. The fraction of sp³-hybridized carbons (Fsp3) is 0. The number of thiophene rings is 2. The highest BCUT2D eigenvalue weighted by Crippen LogP contribution is 2.46. The maximum atomic E-state index is 5.56. The molecule has 0 radical (unpaired) electrons. The molecule has 5 heteroatoms. The van der Waals surface area contributed by atoms with E-state index in [1.807, 2.05) is 11.3 Å². The molecule has 0 fully saturated rings. The third-order valence-electron chi connectivity index (χ3n) is 10.8. The molecule has 0 saturated carbocycles. The summed E-state index contributed by atoms with van der Waals surface area (Å²) in [7, 11) is 0. The number of hydrogen-bond acceptors (Lipinski definition) is 4. The smallest absolute Gasteiger partial charge is 0.236 e. The van der Waals surface area contributed by atoms with E-state index >= 15 is 0 Å². The fourth-order valence-corrected chi connectivity index (χ4v) is 10.8. The van der Waals surface area contributed by atoms with E-state index in [-0.39, 0.29) is 0 Å². The minimum absolute atomic E-state index is 0.680. The zero-order valence-electron chi connectivity index (χ0n) is 28.2. The van der Waals surface area contributed by atoms with Gasteiger partial charge in [-0.1, -0.05) is 133 Å². The largest absolute Gasteiger partial charge is 0.278 e. The molecular weight excluding hydrogens is 683 g/mol. The highest BCUT2D eigenvalue weighted by Gasteiger charge is 2.23. The summed E-state index contributed by atoms with van der Waals surface area (Å²) in [5.74, 6) is 0.680. The number of fused-ring (bicyclic) bond motifs is 12. The second-order valence-corrected chi connectivity index (χ2v) is 15.8. The van der Waals surface area contributed by atoms with Crippen LogP contribution in [0.25, 0.3) is 112 Å². The van der Waals surface area contributed by atoms with E-state index in [1.165, 1.54) is 73.7 Å². The Bertz CT molecular complexity index is 3480. The predicted molar refractivity (Wildman–Crippen MR) is 228 cm³/mol. The van der Waals surface area contributed by atoms with Crippen LogP contribution in [0.4, 0.5) is 0 Å². The highest BCUT2D eigenvalue weighted by molar-refractivity contribution is 7.26. The first-order valence-corrected chi connectivity index (χ1v) is 19.5. The maximum Gasteiger partial charge on any atom is 0.236 e. The molecule has 4 aromatic heterocycles. The normalized spacial score (nSPS) is 12.2. The fourth-order valence-electron chi connectivity index (χ4n) is 8.48. The number of aromatic nitrogens is 3. The molecule has 0 aliphatic carbocycles. The number of nitrogens with zero attached hydrogens (tertiary/aromatic N) is 3. The van der Waals surface area contributed by atoms with Crippen LogP contribution in [0, 0.1) is 0 Å². The molecule has 8 aromatic carbocycles. The van der Waals surface area contributed by atoms with Crippen LogP contribution in [0.2, 0.25) is 0 Å². The monoisotopic (exact) mass is 709 g/mol. The van der Waals surface area contributed by atoms with Crippen molar-refractivity contribution in [3.05, 3.63) is 164 Å². The van der Waals surface area contributed by atoms with Crippen LogP contribution in [0.5, 0.6) is 0 Å². The minimum Gasteiger partial charge on any atom is -0.278 e. The summed E-state index contributed by atoms with van der Waals surface area (Å²) in [5, 5.41) is 12.2. The van der Waals surface area contributed by atoms with Crippen molar-refractivity contribution in [3.63, 3.8) is 0 Å². The van der Waals surface area contributed by atoms with Crippen molar-refractivity contribution in [2.24, 2.45) is 0 Å². The summed E-state index contributed by atoms with van der Waals surface area (Å²) in [5.41, 5.74) is 6.69. The second-order valence-electron chi connectivity index (χ2n) is 13.7. The Morgan fingerprint density at radius 3 is 1.96 bits per heavy atom. The van der Waals surface area contributed by atoms with Gasteiger partial charge in [0.1, 0.15) is 4.83 Å². The van der Waals surface area contributed by atoms with Crippen LogP contribution in [-0.4, -0.2) is 14.5 Å². The number of benzene rings is 8. The van der Waals surface area contributed by atoms with Crippen molar-refractivity contribution in [1.29, 1.82) is 0 Å². The van der Waals surface area contributed by atoms with Crippen LogP contribution in [0.1, 0.15) is 0 Å². The van der Waals surface area contributed by atoms with Gasteiger partial charge in [0.05, 0.1) is 16.7 Å². The van der Waals surface area contributed by atoms with Crippen molar-refractivity contribution in [1.82, 2.24) is 14.5 Å². The second kappa shape index (κ2) is 11.1. The molecule has 4 heterocycles. The van der Waals surface area contributed by atoms with Gasteiger partial charge in [0.25, 0.3) is 0 Å². The first kappa shape index (κ1) is 29.2. The maximum absolute atomic E-state index is 5.56. The van der Waals surface area contributed by atoms with Gasteiger partial charge < -0.3 is 0 Å². The molecule has 0 aliphatic heterocycles. The van der Waals surface area contributed by atoms with Gasteiger partial charge in [0.15, 0.2) is 0 Å². The van der Waals surface area contributed by atoms with Crippen molar-refractivity contribution < 1.29 is 0 Å².